The van der Waals surface area contributed by atoms with Crippen molar-refractivity contribution < 1.29 is 23.8 Å². The van der Waals surface area contributed by atoms with Crippen molar-refractivity contribution >= 4 is 23.7 Å². The molecule has 4 rings (SSSR count). The van der Waals surface area contributed by atoms with Crippen molar-refractivity contribution in [1.29, 1.82) is 0 Å². The van der Waals surface area contributed by atoms with E-state index in [9.17, 15) is 9.59 Å². The number of rotatable bonds is 8. The summed E-state index contributed by atoms with van der Waals surface area (Å²) in [5, 5.41) is 6.15. The first kappa shape index (κ1) is 21.4. The molecule has 10 heteroatoms. The summed E-state index contributed by atoms with van der Waals surface area (Å²) >= 11 is 1.81. The number of hydrogen-bond donors (Lipinski definition) is 3. The fourth-order valence-corrected chi connectivity index (χ4v) is 4.92. The van der Waals surface area contributed by atoms with Gasteiger partial charge >= 0.3 is 6.03 Å². The molecule has 0 bridgehead atoms. The van der Waals surface area contributed by atoms with Crippen LogP contribution in [0.2, 0.25) is 0 Å². The minimum atomic E-state index is -0.615. The van der Waals surface area contributed by atoms with Crippen LogP contribution < -0.4 is 21.1 Å². The van der Waals surface area contributed by atoms with Crippen LogP contribution in [0.5, 0.6) is 11.5 Å². The molecule has 3 amide bonds. The predicted molar refractivity (Wildman–Crippen MR) is 115 cm³/mol. The van der Waals surface area contributed by atoms with Gasteiger partial charge in [0.2, 0.25) is 0 Å². The van der Waals surface area contributed by atoms with Gasteiger partial charge in [0.15, 0.2) is 6.29 Å². The molecule has 4 unspecified atom stereocenters. The van der Waals surface area contributed by atoms with E-state index in [1.807, 2.05) is 23.9 Å². The number of methoxy groups -OCH3 is 1. The highest BCUT2D eigenvalue weighted by molar-refractivity contribution is 8.00. The zero-order chi connectivity index (χ0) is 21.8. The molecular formula is C21H24N4O5S. The number of benzene rings is 1. The third kappa shape index (κ3) is 5.46. The lowest BCUT2D eigenvalue weighted by atomic mass is 10.1. The number of nitrogens with two attached hydrogens (primary N) is 1. The lowest BCUT2D eigenvalue weighted by molar-refractivity contribution is 0.0949. The van der Waals surface area contributed by atoms with Crippen LogP contribution in [0.4, 0.5) is 4.79 Å². The fourth-order valence-electron chi connectivity index (χ4n) is 3.44. The zero-order valence-electron chi connectivity index (χ0n) is 16.9. The van der Waals surface area contributed by atoms with Crippen LogP contribution in [0.3, 0.4) is 0 Å². The Morgan fingerprint density at radius 3 is 2.77 bits per heavy atom. The van der Waals surface area contributed by atoms with Crippen LogP contribution in [0.1, 0.15) is 22.5 Å². The topological polar surface area (TPSA) is 128 Å². The van der Waals surface area contributed by atoms with Crippen molar-refractivity contribution in [3.8, 4) is 11.5 Å². The number of aromatic nitrogens is 1. The highest BCUT2D eigenvalue weighted by Crippen LogP contribution is 2.39. The SMILES string of the molecule is COC1OC1C1SCCC1NC(=O)NCc1ccc(Oc2ccnc(C(N)=O)c2)cc1. The van der Waals surface area contributed by atoms with Gasteiger partial charge in [-0.3, -0.25) is 9.78 Å². The van der Waals surface area contributed by atoms with E-state index in [2.05, 4.69) is 15.6 Å². The minimum Gasteiger partial charge on any atom is -0.457 e. The molecule has 4 N–H and O–H groups in total. The first-order valence-electron chi connectivity index (χ1n) is 9.90. The van der Waals surface area contributed by atoms with E-state index >= 15 is 0 Å². The largest absolute Gasteiger partial charge is 0.457 e. The number of nitrogens with one attached hydrogen (secondary N) is 2. The number of thioether (sulfide) groups is 1. The van der Waals surface area contributed by atoms with E-state index in [4.69, 9.17) is 19.9 Å². The second-order valence-electron chi connectivity index (χ2n) is 7.25. The van der Waals surface area contributed by atoms with E-state index in [-0.39, 0.29) is 35.4 Å². The molecule has 2 aliphatic heterocycles. The second kappa shape index (κ2) is 9.54. The molecule has 3 heterocycles. The zero-order valence-corrected chi connectivity index (χ0v) is 17.8. The molecule has 2 aliphatic rings. The van der Waals surface area contributed by atoms with Gasteiger partial charge < -0.3 is 30.6 Å². The van der Waals surface area contributed by atoms with E-state index in [0.29, 0.717) is 18.0 Å². The van der Waals surface area contributed by atoms with Crippen LogP contribution in [-0.4, -0.2) is 53.5 Å². The number of urea groups is 1. The van der Waals surface area contributed by atoms with Crippen molar-refractivity contribution in [2.45, 2.75) is 36.7 Å². The molecule has 1 aromatic heterocycles. The van der Waals surface area contributed by atoms with Crippen LogP contribution in [0.15, 0.2) is 42.6 Å². The third-order valence-corrected chi connectivity index (χ3v) is 6.54. The number of ether oxygens (including phenoxy) is 3. The summed E-state index contributed by atoms with van der Waals surface area (Å²) in [6.45, 7) is 0.387. The van der Waals surface area contributed by atoms with Crippen LogP contribution in [0, 0.1) is 0 Å². The number of carbonyl (C=O) groups excluding carboxylic acids is 2. The van der Waals surface area contributed by atoms with E-state index < -0.39 is 5.91 Å². The summed E-state index contributed by atoms with van der Waals surface area (Å²) in [6, 6.07) is 10.3. The maximum Gasteiger partial charge on any atom is 0.315 e. The van der Waals surface area contributed by atoms with Crippen molar-refractivity contribution in [2.24, 2.45) is 5.73 Å². The Morgan fingerprint density at radius 2 is 2.06 bits per heavy atom. The highest BCUT2D eigenvalue weighted by Gasteiger charge is 2.50. The van der Waals surface area contributed by atoms with Gasteiger partial charge in [0.1, 0.15) is 23.3 Å². The van der Waals surface area contributed by atoms with Crippen molar-refractivity contribution in [1.82, 2.24) is 15.6 Å². The molecule has 2 saturated heterocycles. The molecule has 0 radical (unpaired) electrons. The summed E-state index contributed by atoms with van der Waals surface area (Å²) in [5.41, 5.74) is 6.30. The van der Waals surface area contributed by atoms with Gasteiger partial charge in [0.25, 0.3) is 5.91 Å². The number of epoxide rings is 1. The smallest absolute Gasteiger partial charge is 0.315 e. The summed E-state index contributed by atoms with van der Waals surface area (Å²) in [7, 11) is 1.63. The predicted octanol–water partition coefficient (Wildman–Crippen LogP) is 2.02. The maximum absolute atomic E-state index is 12.3. The van der Waals surface area contributed by atoms with Crippen molar-refractivity contribution in [2.75, 3.05) is 12.9 Å². The number of pyridine rings is 1. The maximum atomic E-state index is 12.3. The molecule has 2 fully saturated rings. The van der Waals surface area contributed by atoms with Gasteiger partial charge in [0.05, 0.1) is 5.25 Å². The Labute approximate surface area is 184 Å². The average Bonchev–Trinajstić information content (AvgIpc) is 3.42. The molecule has 1 aromatic carbocycles. The van der Waals surface area contributed by atoms with Gasteiger partial charge in [-0.25, -0.2) is 4.79 Å². The van der Waals surface area contributed by atoms with Gasteiger partial charge in [-0.05, 0) is 35.9 Å². The summed E-state index contributed by atoms with van der Waals surface area (Å²) in [6.07, 6.45) is 2.27. The standard InChI is InChI=1S/C21H24N4O5S/c1-28-20-17(30-20)18-15(7-9-31-18)25-21(27)24-11-12-2-4-13(5-3-12)29-14-6-8-23-16(10-14)19(22)26/h2-6,8,10,15,17-18,20H,7,9,11H2,1H3,(H2,22,26)(H2,24,25,27). The number of amides is 3. The number of carbonyl (C=O) groups is 2. The van der Waals surface area contributed by atoms with Gasteiger partial charge in [-0.2, -0.15) is 11.8 Å². The van der Waals surface area contributed by atoms with Crippen molar-refractivity contribution in [3.63, 3.8) is 0 Å². The lowest BCUT2D eigenvalue weighted by Gasteiger charge is -2.19. The van der Waals surface area contributed by atoms with Crippen molar-refractivity contribution in [3.05, 3.63) is 53.9 Å². The van der Waals surface area contributed by atoms with Gasteiger partial charge in [0, 0.05) is 32.0 Å². The molecule has 9 nitrogen and oxygen atoms in total. The van der Waals surface area contributed by atoms with E-state index in [1.165, 1.54) is 12.3 Å². The Bertz CT molecular complexity index is 942. The first-order valence-corrected chi connectivity index (χ1v) is 11.0. The normalized spacial score (nSPS) is 24.4. The van der Waals surface area contributed by atoms with Crippen LogP contribution >= 0.6 is 11.8 Å². The summed E-state index contributed by atoms with van der Waals surface area (Å²) in [4.78, 5) is 27.4. The van der Waals surface area contributed by atoms with Gasteiger partial charge in [-0.1, -0.05) is 12.1 Å². The molecule has 2 aromatic rings. The average molecular weight is 445 g/mol. The molecule has 0 aliphatic carbocycles. The number of primary amides is 1. The minimum absolute atomic E-state index is 0.0507. The summed E-state index contributed by atoms with van der Waals surface area (Å²) in [5.74, 6) is 1.44. The molecular weight excluding hydrogens is 420 g/mol. The third-order valence-electron chi connectivity index (χ3n) is 5.09. The molecule has 4 atom stereocenters. The fraction of sp³-hybridized carbons (Fsp3) is 0.381. The Morgan fingerprint density at radius 1 is 1.26 bits per heavy atom. The molecule has 164 valence electrons. The Kier molecular flexibility index (Phi) is 6.59. The molecule has 0 saturated carbocycles. The molecule has 0 spiro atoms. The van der Waals surface area contributed by atoms with Crippen LogP contribution in [0.25, 0.3) is 0 Å². The highest BCUT2D eigenvalue weighted by atomic mass is 32.2. The first-order chi connectivity index (χ1) is 15.0. The quantitative estimate of drug-likeness (QED) is 0.531. The molecule has 31 heavy (non-hydrogen) atoms. The van der Waals surface area contributed by atoms with E-state index in [0.717, 1.165) is 17.7 Å². The Hall–Kier alpha value is -2.82. The van der Waals surface area contributed by atoms with Gasteiger partial charge in [-0.15, -0.1) is 0 Å². The Balaban J connectivity index is 1.25. The lowest BCUT2D eigenvalue weighted by Crippen LogP contribution is -2.46. The van der Waals surface area contributed by atoms with E-state index in [1.54, 1.807) is 25.3 Å². The monoisotopic (exact) mass is 444 g/mol. The number of hydrogen-bond acceptors (Lipinski definition) is 7. The summed E-state index contributed by atoms with van der Waals surface area (Å²) < 4.78 is 16.4. The number of nitrogens with zero attached hydrogens (tertiary/aromatic N) is 1. The second-order valence-corrected chi connectivity index (χ2v) is 8.54. The van der Waals surface area contributed by atoms with Crippen LogP contribution in [-0.2, 0) is 16.0 Å².